The lowest BCUT2D eigenvalue weighted by molar-refractivity contribution is -0.137. The van der Waals surface area contributed by atoms with Gasteiger partial charge in [-0.05, 0) is 36.2 Å². The summed E-state index contributed by atoms with van der Waals surface area (Å²) in [5.74, 6) is 4.80. The number of rotatable bonds is 8. The number of carbonyl (C=O) groups is 1. The molecule has 0 aromatic heterocycles. The van der Waals surface area contributed by atoms with Gasteiger partial charge in [-0.15, -0.1) is 0 Å². The Balaban J connectivity index is 1.73. The first-order valence-corrected chi connectivity index (χ1v) is 10.7. The lowest BCUT2D eigenvalue weighted by Crippen LogP contribution is -2.42. The molecule has 0 amide bonds. The molecule has 0 saturated heterocycles. The Hall–Kier alpha value is -3.27. The minimum absolute atomic E-state index is 0.0231. The number of carboxylic acid groups (broad SMARTS) is 1. The van der Waals surface area contributed by atoms with Crippen LogP contribution in [-0.4, -0.2) is 23.7 Å². The van der Waals surface area contributed by atoms with Crippen molar-refractivity contribution in [3.8, 4) is 11.8 Å². The molecule has 0 radical (unpaired) electrons. The molecule has 0 bridgehead atoms. The number of nitrogens with one attached hydrogen (secondary N) is 2. The number of hydrogen-bond acceptors (Lipinski definition) is 5. The Morgan fingerprint density at radius 2 is 1.62 bits per heavy atom. The molecule has 3 aromatic carbocycles. The summed E-state index contributed by atoms with van der Waals surface area (Å²) in [6.07, 6.45) is 0.879. The zero-order chi connectivity index (χ0) is 23.3. The highest BCUT2D eigenvalue weighted by atomic mass is 35.5. The summed E-state index contributed by atoms with van der Waals surface area (Å²) >= 11 is 12.2. The number of aliphatic carboxylic acids is 1. The average molecular weight is 471 g/mol. The monoisotopic (exact) mass is 470 g/mol. The number of carboxylic acids is 1. The summed E-state index contributed by atoms with van der Waals surface area (Å²) in [7, 11) is 0. The van der Waals surface area contributed by atoms with Crippen LogP contribution >= 0.6 is 23.2 Å². The van der Waals surface area contributed by atoms with Gasteiger partial charge in [-0.25, -0.2) is 4.79 Å². The molecule has 0 heterocycles. The predicted molar refractivity (Wildman–Crippen MR) is 128 cm³/mol. The molecule has 1 atom stereocenters. The number of hydrogen-bond donors (Lipinski definition) is 3. The van der Waals surface area contributed by atoms with Crippen molar-refractivity contribution in [3.63, 3.8) is 0 Å². The first-order valence-electron chi connectivity index (χ1n) is 9.93. The van der Waals surface area contributed by atoms with E-state index in [1.54, 1.807) is 42.5 Å². The van der Waals surface area contributed by atoms with Crippen molar-refractivity contribution in [1.82, 2.24) is 0 Å². The standard InChI is InChI=1S/C24H20Cl2N2O4/c1-2-12-27-20-21(23(30)22(20)29)28-19(24(31)32)13-15-8-6-14(7-9-15)10-11-16-17(25)4-3-5-18(16)26/h3-9,19,27-28H,2,12-13H2,1H3,(H,31,32)/t19-/m0/s1. The number of benzene rings is 2. The topological polar surface area (TPSA) is 95.5 Å². The largest absolute Gasteiger partial charge is 0.480 e. The van der Waals surface area contributed by atoms with E-state index < -0.39 is 22.9 Å². The molecule has 0 aliphatic rings. The van der Waals surface area contributed by atoms with Crippen LogP contribution in [0.3, 0.4) is 0 Å². The van der Waals surface area contributed by atoms with Gasteiger partial charge < -0.3 is 15.7 Å². The highest BCUT2D eigenvalue weighted by molar-refractivity contribution is 6.36. The van der Waals surface area contributed by atoms with E-state index in [0.717, 1.165) is 12.0 Å². The molecular weight excluding hydrogens is 451 g/mol. The second-order valence-corrected chi connectivity index (χ2v) is 7.93. The summed E-state index contributed by atoms with van der Waals surface area (Å²) in [6, 6.07) is 11.1. The van der Waals surface area contributed by atoms with Crippen molar-refractivity contribution < 1.29 is 9.90 Å². The van der Waals surface area contributed by atoms with E-state index in [-0.39, 0.29) is 17.8 Å². The minimum atomic E-state index is -1.13. The maximum atomic E-state index is 11.9. The quantitative estimate of drug-likeness (QED) is 0.341. The summed E-state index contributed by atoms with van der Waals surface area (Å²) in [5.41, 5.74) is 0.800. The molecule has 6 nitrogen and oxygen atoms in total. The van der Waals surface area contributed by atoms with Gasteiger partial charge in [0.1, 0.15) is 17.4 Å². The maximum Gasteiger partial charge on any atom is 0.326 e. The Labute approximate surface area is 194 Å². The zero-order valence-corrected chi connectivity index (χ0v) is 18.7. The molecule has 0 unspecified atom stereocenters. The highest BCUT2D eigenvalue weighted by Crippen LogP contribution is 2.23. The molecule has 32 heavy (non-hydrogen) atoms. The smallest absolute Gasteiger partial charge is 0.326 e. The van der Waals surface area contributed by atoms with Gasteiger partial charge in [0.15, 0.2) is 0 Å². The number of halogens is 2. The molecule has 8 heteroatoms. The molecule has 0 aliphatic heterocycles. The second kappa shape index (κ2) is 10.4. The van der Waals surface area contributed by atoms with Crippen LogP contribution in [0.2, 0.25) is 10.0 Å². The normalized spacial score (nSPS) is 11.5. The van der Waals surface area contributed by atoms with Crippen molar-refractivity contribution in [2.75, 3.05) is 17.2 Å². The maximum absolute atomic E-state index is 11.9. The molecule has 3 rings (SSSR count). The van der Waals surface area contributed by atoms with E-state index in [1.807, 2.05) is 6.92 Å². The fourth-order valence-corrected chi connectivity index (χ4v) is 3.53. The van der Waals surface area contributed by atoms with Gasteiger partial charge in [0.05, 0.1) is 15.6 Å². The molecule has 0 spiro atoms. The van der Waals surface area contributed by atoms with Gasteiger partial charge in [0.2, 0.25) is 0 Å². The Morgan fingerprint density at radius 3 is 2.22 bits per heavy atom. The van der Waals surface area contributed by atoms with Gasteiger partial charge in [0.25, 0.3) is 10.9 Å². The summed E-state index contributed by atoms with van der Waals surface area (Å²) in [6.45, 7) is 2.43. The Bertz CT molecular complexity index is 1250. The molecule has 3 N–H and O–H groups in total. The lowest BCUT2D eigenvalue weighted by atomic mass is 10.0. The van der Waals surface area contributed by atoms with Crippen molar-refractivity contribution >= 4 is 40.5 Å². The molecule has 0 fully saturated rings. The third kappa shape index (κ3) is 5.31. The van der Waals surface area contributed by atoms with Gasteiger partial charge in [-0.1, -0.05) is 60.2 Å². The van der Waals surface area contributed by atoms with Crippen molar-refractivity contribution in [3.05, 3.63) is 89.6 Å². The Morgan fingerprint density at radius 1 is 1.00 bits per heavy atom. The fraction of sp³-hybridized carbons (Fsp3) is 0.208. The first kappa shape index (κ1) is 23.4. The zero-order valence-electron chi connectivity index (χ0n) is 17.2. The van der Waals surface area contributed by atoms with E-state index in [2.05, 4.69) is 22.5 Å². The molecule has 0 aliphatic carbocycles. The SMILES string of the molecule is CCCNc1c(N[C@@H](Cc2ccc(C#Cc3c(Cl)cccc3Cl)cc2)C(=O)O)c(=O)c1=O. The van der Waals surface area contributed by atoms with Gasteiger partial charge >= 0.3 is 5.97 Å². The van der Waals surface area contributed by atoms with Crippen LogP contribution in [0.15, 0.2) is 52.1 Å². The molecular formula is C24H20Cl2N2O4. The highest BCUT2D eigenvalue weighted by Gasteiger charge is 2.26. The van der Waals surface area contributed by atoms with Crippen molar-refractivity contribution in [2.45, 2.75) is 25.8 Å². The van der Waals surface area contributed by atoms with Gasteiger partial charge in [0, 0.05) is 18.5 Å². The van der Waals surface area contributed by atoms with Crippen molar-refractivity contribution in [2.24, 2.45) is 0 Å². The molecule has 0 saturated carbocycles. The fourth-order valence-electron chi connectivity index (χ4n) is 3.03. The van der Waals surface area contributed by atoms with E-state index in [1.165, 1.54) is 0 Å². The van der Waals surface area contributed by atoms with Crippen LogP contribution in [0, 0.1) is 11.8 Å². The molecule has 164 valence electrons. The van der Waals surface area contributed by atoms with Gasteiger partial charge in [-0.3, -0.25) is 9.59 Å². The summed E-state index contributed by atoms with van der Waals surface area (Å²) < 4.78 is 0. The average Bonchev–Trinajstić information content (AvgIpc) is 2.77. The van der Waals surface area contributed by atoms with Crippen molar-refractivity contribution in [1.29, 1.82) is 0 Å². The van der Waals surface area contributed by atoms with E-state index >= 15 is 0 Å². The summed E-state index contributed by atoms with van der Waals surface area (Å²) in [4.78, 5) is 35.4. The minimum Gasteiger partial charge on any atom is -0.480 e. The third-order valence-electron chi connectivity index (χ3n) is 4.77. The third-order valence-corrected chi connectivity index (χ3v) is 5.40. The first-order chi connectivity index (χ1) is 15.3. The van der Waals surface area contributed by atoms with E-state index in [9.17, 15) is 19.5 Å². The van der Waals surface area contributed by atoms with Crippen LogP contribution in [0.25, 0.3) is 0 Å². The second-order valence-electron chi connectivity index (χ2n) is 7.12. The van der Waals surface area contributed by atoms with Crippen LogP contribution < -0.4 is 21.5 Å². The van der Waals surface area contributed by atoms with E-state index in [0.29, 0.717) is 27.7 Å². The van der Waals surface area contributed by atoms with Crippen LogP contribution in [-0.2, 0) is 11.2 Å². The van der Waals surface area contributed by atoms with E-state index in [4.69, 9.17) is 23.2 Å². The molecule has 3 aromatic rings. The Kier molecular flexibility index (Phi) is 7.57. The van der Waals surface area contributed by atoms with Crippen LogP contribution in [0.4, 0.5) is 11.4 Å². The van der Waals surface area contributed by atoms with Crippen LogP contribution in [0.5, 0.6) is 0 Å². The number of anilines is 2. The predicted octanol–water partition coefficient (Wildman–Crippen LogP) is 3.92. The van der Waals surface area contributed by atoms with Gasteiger partial charge in [-0.2, -0.15) is 0 Å². The summed E-state index contributed by atoms with van der Waals surface area (Å²) in [5, 5.41) is 16.1. The van der Waals surface area contributed by atoms with Crippen LogP contribution in [0.1, 0.15) is 30.0 Å². The lowest BCUT2D eigenvalue weighted by Gasteiger charge is -2.19.